The van der Waals surface area contributed by atoms with E-state index in [1.165, 1.54) is 16.9 Å². The molecule has 8 heteroatoms. The van der Waals surface area contributed by atoms with E-state index < -0.39 is 23.2 Å². The van der Waals surface area contributed by atoms with E-state index in [0.29, 0.717) is 18.7 Å². The number of hydrogen-bond acceptors (Lipinski definition) is 4. The SMILES string of the molecule is Cc1c(C(=O)NC2(CC(=O)O)CCOC2)cnn1-c1ccccc1F. The van der Waals surface area contributed by atoms with Gasteiger partial charge >= 0.3 is 5.97 Å². The topological polar surface area (TPSA) is 93.5 Å². The van der Waals surface area contributed by atoms with Crippen LogP contribution < -0.4 is 5.32 Å². The first-order valence-electron chi connectivity index (χ1n) is 7.83. The quantitative estimate of drug-likeness (QED) is 0.858. The van der Waals surface area contributed by atoms with Crippen LogP contribution in [0, 0.1) is 12.7 Å². The summed E-state index contributed by atoms with van der Waals surface area (Å²) in [6.45, 7) is 2.19. The van der Waals surface area contributed by atoms with Crippen molar-refractivity contribution in [1.29, 1.82) is 0 Å². The van der Waals surface area contributed by atoms with Crippen molar-refractivity contribution in [2.24, 2.45) is 0 Å². The highest BCUT2D eigenvalue weighted by Gasteiger charge is 2.39. The molecular formula is C17H18FN3O4. The fraction of sp³-hybridized carbons (Fsp3) is 0.353. The second-order valence-electron chi connectivity index (χ2n) is 6.11. The molecule has 132 valence electrons. The van der Waals surface area contributed by atoms with Crippen LogP contribution in [0.15, 0.2) is 30.5 Å². The van der Waals surface area contributed by atoms with Gasteiger partial charge in [0.05, 0.1) is 36.0 Å². The summed E-state index contributed by atoms with van der Waals surface area (Å²) in [6.07, 6.45) is 1.55. The number of para-hydroxylation sites is 1. The van der Waals surface area contributed by atoms with E-state index in [-0.39, 0.29) is 24.3 Å². The van der Waals surface area contributed by atoms with Gasteiger partial charge in [0, 0.05) is 6.61 Å². The van der Waals surface area contributed by atoms with Crippen LogP contribution in [0.4, 0.5) is 4.39 Å². The standard InChI is InChI=1S/C17H18FN3O4/c1-11-12(9-19-21(11)14-5-3-2-4-13(14)18)16(24)20-17(8-15(22)23)6-7-25-10-17/h2-5,9H,6-8,10H2,1H3,(H,20,24)(H,22,23). The average Bonchev–Trinajstić information content (AvgIpc) is 3.14. The molecule has 7 nitrogen and oxygen atoms in total. The predicted molar refractivity (Wildman–Crippen MR) is 86.1 cm³/mol. The molecule has 0 radical (unpaired) electrons. The van der Waals surface area contributed by atoms with Crippen LogP contribution in [-0.2, 0) is 9.53 Å². The fourth-order valence-electron chi connectivity index (χ4n) is 2.99. The Hall–Kier alpha value is -2.74. The number of carbonyl (C=O) groups is 2. The molecule has 1 aromatic carbocycles. The minimum atomic E-state index is -1.01. The Bertz CT molecular complexity index is 812. The monoisotopic (exact) mass is 347 g/mol. The summed E-state index contributed by atoms with van der Waals surface area (Å²) in [5.74, 6) is -1.91. The van der Waals surface area contributed by atoms with Crippen molar-refractivity contribution in [2.45, 2.75) is 25.3 Å². The Kier molecular flexibility index (Phi) is 4.54. The number of hydrogen-bond donors (Lipinski definition) is 2. The molecule has 0 bridgehead atoms. The third kappa shape index (κ3) is 3.39. The van der Waals surface area contributed by atoms with Crippen molar-refractivity contribution in [3.8, 4) is 5.69 Å². The molecule has 0 spiro atoms. The molecule has 0 saturated carbocycles. The second kappa shape index (κ2) is 6.64. The van der Waals surface area contributed by atoms with Crippen LogP contribution in [0.25, 0.3) is 5.69 Å². The Morgan fingerprint density at radius 3 is 2.84 bits per heavy atom. The lowest BCUT2D eigenvalue weighted by Gasteiger charge is -2.26. The van der Waals surface area contributed by atoms with Gasteiger partial charge in [0.1, 0.15) is 11.5 Å². The molecule has 1 aliphatic heterocycles. The first kappa shape index (κ1) is 17.1. The van der Waals surface area contributed by atoms with Gasteiger partial charge in [-0.2, -0.15) is 5.10 Å². The molecule has 1 aliphatic rings. The number of aromatic nitrogens is 2. The number of rotatable bonds is 5. The fourth-order valence-corrected chi connectivity index (χ4v) is 2.99. The van der Waals surface area contributed by atoms with Gasteiger partial charge in [0.2, 0.25) is 0 Å². The van der Waals surface area contributed by atoms with Gasteiger partial charge in [-0.3, -0.25) is 9.59 Å². The molecule has 1 fully saturated rings. The van der Waals surface area contributed by atoms with Crippen LogP contribution in [-0.4, -0.2) is 45.5 Å². The number of carbonyl (C=O) groups excluding carboxylic acids is 1. The van der Waals surface area contributed by atoms with Crippen molar-refractivity contribution >= 4 is 11.9 Å². The van der Waals surface area contributed by atoms with E-state index in [0.717, 1.165) is 0 Å². The minimum Gasteiger partial charge on any atom is -0.481 e. The number of nitrogens with zero attached hydrogens (tertiary/aromatic N) is 2. The summed E-state index contributed by atoms with van der Waals surface area (Å²) < 4.78 is 20.6. The summed E-state index contributed by atoms with van der Waals surface area (Å²) in [5.41, 5.74) is 0.0329. The average molecular weight is 347 g/mol. The maximum Gasteiger partial charge on any atom is 0.305 e. The zero-order valence-electron chi connectivity index (χ0n) is 13.7. The Morgan fingerprint density at radius 2 is 2.20 bits per heavy atom. The van der Waals surface area contributed by atoms with Crippen molar-refractivity contribution in [3.63, 3.8) is 0 Å². The molecule has 25 heavy (non-hydrogen) atoms. The second-order valence-corrected chi connectivity index (χ2v) is 6.11. The number of ether oxygens (including phenoxy) is 1. The molecule has 3 rings (SSSR count). The van der Waals surface area contributed by atoms with Crippen LogP contribution in [0.1, 0.15) is 28.9 Å². The van der Waals surface area contributed by atoms with Crippen LogP contribution in [0.3, 0.4) is 0 Å². The zero-order chi connectivity index (χ0) is 18.0. The van der Waals surface area contributed by atoms with Gasteiger partial charge in [0.25, 0.3) is 5.91 Å². The van der Waals surface area contributed by atoms with Crippen molar-refractivity contribution in [3.05, 3.63) is 47.5 Å². The Balaban J connectivity index is 1.86. The summed E-state index contributed by atoms with van der Waals surface area (Å²) in [4.78, 5) is 23.7. The van der Waals surface area contributed by atoms with E-state index in [1.807, 2.05) is 0 Å². The molecule has 0 aliphatic carbocycles. The third-order valence-corrected chi connectivity index (χ3v) is 4.31. The number of halogens is 1. The predicted octanol–water partition coefficient (Wildman–Crippen LogP) is 1.68. The number of nitrogens with one attached hydrogen (secondary N) is 1. The summed E-state index contributed by atoms with van der Waals surface area (Å²) >= 11 is 0. The van der Waals surface area contributed by atoms with Crippen molar-refractivity contribution < 1.29 is 23.8 Å². The highest BCUT2D eigenvalue weighted by atomic mass is 19.1. The Morgan fingerprint density at radius 1 is 1.44 bits per heavy atom. The van der Waals surface area contributed by atoms with Crippen molar-refractivity contribution in [2.75, 3.05) is 13.2 Å². The van der Waals surface area contributed by atoms with Gasteiger partial charge in [0.15, 0.2) is 0 Å². The van der Waals surface area contributed by atoms with E-state index in [2.05, 4.69) is 10.4 Å². The molecule has 1 aromatic heterocycles. The lowest BCUT2D eigenvalue weighted by atomic mass is 9.94. The molecule has 1 amide bonds. The summed E-state index contributed by atoms with van der Waals surface area (Å²) in [6, 6.07) is 6.12. The molecule has 2 heterocycles. The highest BCUT2D eigenvalue weighted by Crippen LogP contribution is 2.24. The number of benzene rings is 1. The smallest absolute Gasteiger partial charge is 0.305 e. The first-order valence-corrected chi connectivity index (χ1v) is 7.83. The number of carboxylic acid groups (broad SMARTS) is 1. The maximum atomic E-state index is 14.0. The van der Waals surface area contributed by atoms with Crippen LogP contribution in [0.5, 0.6) is 0 Å². The highest BCUT2D eigenvalue weighted by molar-refractivity contribution is 5.96. The molecule has 2 N–H and O–H groups in total. The van der Waals surface area contributed by atoms with Gasteiger partial charge in [-0.25, -0.2) is 9.07 Å². The lowest BCUT2D eigenvalue weighted by molar-refractivity contribution is -0.138. The normalized spacial score (nSPS) is 19.8. The summed E-state index contributed by atoms with van der Waals surface area (Å²) in [5, 5.41) is 16.0. The lowest BCUT2D eigenvalue weighted by Crippen LogP contribution is -2.50. The Labute approximate surface area is 143 Å². The van der Waals surface area contributed by atoms with Crippen molar-refractivity contribution in [1.82, 2.24) is 15.1 Å². The van der Waals surface area contributed by atoms with Crippen LogP contribution >= 0.6 is 0 Å². The number of carboxylic acids is 1. The van der Waals surface area contributed by atoms with Gasteiger partial charge < -0.3 is 15.2 Å². The van der Waals surface area contributed by atoms with Crippen LogP contribution in [0.2, 0.25) is 0 Å². The van der Waals surface area contributed by atoms with E-state index >= 15 is 0 Å². The van der Waals surface area contributed by atoms with E-state index in [1.54, 1.807) is 25.1 Å². The summed E-state index contributed by atoms with van der Waals surface area (Å²) in [7, 11) is 0. The molecule has 2 aromatic rings. The minimum absolute atomic E-state index is 0.144. The van der Waals surface area contributed by atoms with Gasteiger partial charge in [-0.15, -0.1) is 0 Å². The molecule has 1 saturated heterocycles. The van der Waals surface area contributed by atoms with E-state index in [9.17, 15) is 14.0 Å². The molecular weight excluding hydrogens is 329 g/mol. The third-order valence-electron chi connectivity index (χ3n) is 4.31. The first-order chi connectivity index (χ1) is 11.9. The molecule has 1 atom stereocenters. The largest absolute Gasteiger partial charge is 0.481 e. The maximum absolute atomic E-state index is 14.0. The van der Waals surface area contributed by atoms with Gasteiger partial charge in [-0.05, 0) is 25.5 Å². The van der Waals surface area contributed by atoms with E-state index in [4.69, 9.17) is 9.84 Å². The van der Waals surface area contributed by atoms with Gasteiger partial charge in [-0.1, -0.05) is 12.1 Å². The zero-order valence-corrected chi connectivity index (χ0v) is 13.7. The molecule has 1 unspecified atom stereocenters. The number of amides is 1. The number of aliphatic carboxylic acids is 1.